The van der Waals surface area contributed by atoms with Crippen molar-refractivity contribution in [3.05, 3.63) is 34.3 Å². The third-order valence-electron chi connectivity index (χ3n) is 2.40. The van der Waals surface area contributed by atoms with E-state index in [1.807, 2.05) is 24.3 Å². The summed E-state index contributed by atoms with van der Waals surface area (Å²) in [5.74, 6) is 0.811. The zero-order chi connectivity index (χ0) is 11.3. The summed E-state index contributed by atoms with van der Waals surface area (Å²) in [6.07, 6.45) is 1.53. The molecule has 1 rings (SSSR count). The summed E-state index contributed by atoms with van der Waals surface area (Å²) in [6, 6.07) is 8.05. The molecule has 15 heavy (non-hydrogen) atoms. The van der Waals surface area contributed by atoms with Crippen molar-refractivity contribution in [3.8, 4) is 0 Å². The lowest BCUT2D eigenvalue weighted by molar-refractivity contribution is -0.120. The monoisotopic (exact) mass is 288 g/mol. The van der Waals surface area contributed by atoms with Gasteiger partial charge in [-0.3, -0.25) is 4.79 Å². The third kappa shape index (κ3) is 4.35. The van der Waals surface area contributed by atoms with Crippen molar-refractivity contribution in [3.63, 3.8) is 0 Å². The van der Waals surface area contributed by atoms with E-state index >= 15 is 0 Å². The average Bonchev–Trinajstić information content (AvgIpc) is 2.17. The van der Waals surface area contributed by atoms with Gasteiger partial charge >= 0.3 is 0 Å². The molecule has 0 amide bonds. The molecule has 0 radical (unpaired) electrons. The molecule has 0 aliphatic rings. The molecule has 0 fully saturated rings. The molecule has 0 saturated heterocycles. The first-order chi connectivity index (χ1) is 7.13. The molecule has 0 aliphatic heterocycles. The summed E-state index contributed by atoms with van der Waals surface area (Å²) in [5, 5.41) is 0. The Bertz CT molecular complexity index is 338. The van der Waals surface area contributed by atoms with Crippen molar-refractivity contribution >= 4 is 33.3 Å². The minimum absolute atomic E-state index is 0.0526. The van der Waals surface area contributed by atoms with Crippen molar-refractivity contribution in [2.24, 2.45) is 5.92 Å². The van der Waals surface area contributed by atoms with Gasteiger partial charge in [0.25, 0.3) is 0 Å². The first-order valence-corrected chi connectivity index (χ1v) is 6.27. The molecule has 0 bridgehead atoms. The Hall–Kier alpha value is -0.340. The lowest BCUT2D eigenvalue weighted by Gasteiger charge is -2.12. The Balaban J connectivity index is 2.69. The van der Waals surface area contributed by atoms with Crippen LogP contribution in [0.4, 0.5) is 0 Å². The number of ketones is 1. The van der Waals surface area contributed by atoms with E-state index in [9.17, 15) is 4.79 Å². The highest BCUT2D eigenvalue weighted by molar-refractivity contribution is 9.10. The molecule has 1 unspecified atom stereocenters. The molecule has 82 valence electrons. The van der Waals surface area contributed by atoms with Crippen LogP contribution in [0.2, 0.25) is 0 Å². The second-order valence-corrected chi connectivity index (χ2v) is 4.91. The van der Waals surface area contributed by atoms with Gasteiger partial charge in [-0.15, -0.1) is 11.6 Å². The molecular formula is C12H14BrClO. The number of carbonyl (C=O) groups is 1. The second kappa shape index (κ2) is 6.29. The van der Waals surface area contributed by atoms with Gasteiger partial charge in [-0.05, 0) is 37.5 Å². The van der Waals surface area contributed by atoms with E-state index in [1.165, 1.54) is 5.56 Å². The number of benzene rings is 1. The number of halogens is 2. The van der Waals surface area contributed by atoms with Crippen LogP contribution in [0.5, 0.6) is 0 Å². The van der Waals surface area contributed by atoms with Crippen LogP contribution in [0.3, 0.4) is 0 Å². The highest BCUT2D eigenvalue weighted by Crippen LogP contribution is 2.18. The van der Waals surface area contributed by atoms with Gasteiger partial charge in [0.15, 0.2) is 0 Å². The summed E-state index contributed by atoms with van der Waals surface area (Å²) >= 11 is 9.09. The lowest BCUT2D eigenvalue weighted by atomic mass is 9.94. The van der Waals surface area contributed by atoms with Crippen molar-refractivity contribution in [1.29, 1.82) is 0 Å². The van der Waals surface area contributed by atoms with Gasteiger partial charge in [0, 0.05) is 16.3 Å². The highest BCUT2D eigenvalue weighted by Gasteiger charge is 2.14. The van der Waals surface area contributed by atoms with Crippen molar-refractivity contribution < 1.29 is 4.79 Å². The largest absolute Gasteiger partial charge is 0.300 e. The minimum atomic E-state index is 0.0526. The molecule has 1 aromatic rings. The van der Waals surface area contributed by atoms with Gasteiger partial charge in [0.05, 0.1) is 0 Å². The summed E-state index contributed by atoms with van der Waals surface area (Å²) in [6.45, 7) is 1.63. The predicted octanol–water partition coefficient (Wildman–Crippen LogP) is 3.83. The standard InChI is InChI=1S/C12H14BrClO/c1-9(15)11(5-6-14)7-10-3-2-4-12(13)8-10/h2-4,8,11H,5-7H2,1H3. The molecule has 0 N–H and O–H groups in total. The van der Waals surface area contributed by atoms with E-state index in [1.54, 1.807) is 6.92 Å². The molecule has 0 aromatic heterocycles. The van der Waals surface area contributed by atoms with Crippen LogP contribution in [-0.4, -0.2) is 11.7 Å². The van der Waals surface area contributed by atoms with E-state index in [-0.39, 0.29) is 11.7 Å². The summed E-state index contributed by atoms with van der Waals surface area (Å²) < 4.78 is 1.05. The fraction of sp³-hybridized carbons (Fsp3) is 0.417. The number of carbonyl (C=O) groups excluding carboxylic acids is 1. The number of Topliss-reactive ketones (excluding diaryl/α,β-unsaturated/α-hetero) is 1. The van der Waals surface area contributed by atoms with Crippen LogP contribution in [-0.2, 0) is 11.2 Å². The van der Waals surface area contributed by atoms with Gasteiger partial charge in [-0.25, -0.2) is 0 Å². The topological polar surface area (TPSA) is 17.1 Å². The maximum atomic E-state index is 11.4. The molecule has 1 nitrogen and oxygen atoms in total. The maximum absolute atomic E-state index is 11.4. The van der Waals surface area contributed by atoms with E-state index < -0.39 is 0 Å². The average molecular weight is 290 g/mol. The van der Waals surface area contributed by atoms with Gasteiger partial charge < -0.3 is 0 Å². The van der Waals surface area contributed by atoms with Crippen LogP contribution in [0.1, 0.15) is 18.9 Å². The summed E-state index contributed by atoms with van der Waals surface area (Å²) in [4.78, 5) is 11.4. The normalized spacial score (nSPS) is 12.5. The Morgan fingerprint density at radius 1 is 1.53 bits per heavy atom. The van der Waals surface area contributed by atoms with Gasteiger partial charge in [0.2, 0.25) is 0 Å². The Morgan fingerprint density at radius 2 is 2.27 bits per heavy atom. The number of hydrogen-bond acceptors (Lipinski definition) is 1. The Labute approximate surface area is 104 Å². The van der Waals surface area contributed by atoms with E-state index in [2.05, 4.69) is 15.9 Å². The van der Waals surface area contributed by atoms with Crippen LogP contribution < -0.4 is 0 Å². The van der Waals surface area contributed by atoms with Crippen LogP contribution in [0, 0.1) is 5.92 Å². The quantitative estimate of drug-likeness (QED) is 0.753. The van der Waals surface area contributed by atoms with E-state index in [0.29, 0.717) is 5.88 Å². The van der Waals surface area contributed by atoms with E-state index in [0.717, 1.165) is 17.3 Å². The molecule has 0 heterocycles. The van der Waals surface area contributed by atoms with Gasteiger partial charge in [-0.1, -0.05) is 28.1 Å². The Kier molecular flexibility index (Phi) is 5.34. The van der Waals surface area contributed by atoms with Crippen molar-refractivity contribution in [1.82, 2.24) is 0 Å². The van der Waals surface area contributed by atoms with Crippen molar-refractivity contribution in [2.75, 3.05) is 5.88 Å². The van der Waals surface area contributed by atoms with Gasteiger partial charge in [0.1, 0.15) is 5.78 Å². The smallest absolute Gasteiger partial charge is 0.133 e. The molecule has 0 spiro atoms. The number of rotatable bonds is 5. The lowest BCUT2D eigenvalue weighted by Crippen LogP contribution is -2.14. The Morgan fingerprint density at radius 3 is 2.80 bits per heavy atom. The van der Waals surface area contributed by atoms with Gasteiger partial charge in [-0.2, -0.15) is 0 Å². The fourth-order valence-corrected chi connectivity index (χ4v) is 2.24. The predicted molar refractivity (Wildman–Crippen MR) is 67.4 cm³/mol. The first-order valence-electron chi connectivity index (χ1n) is 4.94. The molecule has 1 aromatic carbocycles. The van der Waals surface area contributed by atoms with Crippen LogP contribution in [0.25, 0.3) is 0 Å². The van der Waals surface area contributed by atoms with Crippen molar-refractivity contribution in [2.45, 2.75) is 19.8 Å². The summed E-state index contributed by atoms with van der Waals surface area (Å²) in [7, 11) is 0. The number of hydrogen-bond donors (Lipinski definition) is 0. The molecular weight excluding hydrogens is 275 g/mol. The molecule has 3 heteroatoms. The van der Waals surface area contributed by atoms with Crippen LogP contribution in [0.15, 0.2) is 28.7 Å². The van der Waals surface area contributed by atoms with E-state index in [4.69, 9.17) is 11.6 Å². The number of alkyl halides is 1. The maximum Gasteiger partial charge on any atom is 0.133 e. The zero-order valence-electron chi connectivity index (χ0n) is 8.67. The highest BCUT2D eigenvalue weighted by atomic mass is 79.9. The molecule has 1 atom stereocenters. The fourth-order valence-electron chi connectivity index (χ4n) is 1.53. The summed E-state index contributed by atoms with van der Waals surface area (Å²) in [5.41, 5.74) is 1.18. The first kappa shape index (κ1) is 12.7. The minimum Gasteiger partial charge on any atom is -0.300 e. The molecule has 0 saturated carbocycles. The SMILES string of the molecule is CC(=O)C(CCCl)Cc1cccc(Br)c1. The zero-order valence-corrected chi connectivity index (χ0v) is 11.0. The third-order valence-corrected chi connectivity index (χ3v) is 3.12. The molecule has 0 aliphatic carbocycles. The second-order valence-electron chi connectivity index (χ2n) is 3.62. The van der Waals surface area contributed by atoms with Crippen LogP contribution >= 0.6 is 27.5 Å².